The van der Waals surface area contributed by atoms with E-state index < -0.39 is 5.91 Å². The Morgan fingerprint density at radius 1 is 1.28 bits per heavy atom. The van der Waals surface area contributed by atoms with Crippen molar-refractivity contribution in [1.82, 2.24) is 9.97 Å². The lowest BCUT2D eigenvalue weighted by atomic mass is 10.1. The maximum atomic E-state index is 10.5. The first-order valence-electron chi connectivity index (χ1n) is 5.48. The molecule has 0 aliphatic carbocycles. The van der Waals surface area contributed by atoms with E-state index in [1.165, 1.54) is 0 Å². The fourth-order valence-electron chi connectivity index (χ4n) is 1.92. The number of hydrogen-bond donors (Lipinski definition) is 3. The largest absolute Gasteiger partial charge is 0.435 e. The van der Waals surface area contributed by atoms with Crippen LogP contribution in [0.4, 0.5) is 11.8 Å². The zero-order valence-electron chi connectivity index (χ0n) is 9.71. The van der Waals surface area contributed by atoms with E-state index in [2.05, 4.69) is 15.3 Å². The summed E-state index contributed by atoms with van der Waals surface area (Å²) in [6.45, 7) is 1.75. The highest BCUT2D eigenvalue weighted by Gasteiger charge is 2.41. The molecule has 1 unspecified atom stereocenters. The molecule has 18 heavy (non-hydrogen) atoms. The van der Waals surface area contributed by atoms with E-state index in [-0.39, 0.29) is 5.95 Å². The number of hydrogen-bond acceptors (Lipinski definition) is 6. The van der Waals surface area contributed by atoms with Crippen LogP contribution >= 0.6 is 0 Å². The number of nitrogens with two attached hydrogens (primary N) is 1. The molecule has 0 spiro atoms. The number of anilines is 2. The third kappa shape index (κ3) is 1.54. The highest BCUT2D eigenvalue weighted by atomic mass is 16.7. The molecule has 0 saturated carbocycles. The summed E-state index contributed by atoms with van der Waals surface area (Å²) >= 11 is 0. The van der Waals surface area contributed by atoms with Gasteiger partial charge in [0.25, 0.3) is 0 Å². The highest BCUT2D eigenvalue weighted by molar-refractivity contribution is 5.60. The lowest BCUT2D eigenvalue weighted by Crippen LogP contribution is -2.36. The molecule has 2 heterocycles. The maximum absolute atomic E-state index is 10.5. The second-order valence-corrected chi connectivity index (χ2v) is 4.08. The van der Waals surface area contributed by atoms with Crippen molar-refractivity contribution < 1.29 is 9.84 Å². The number of fused-ring (bicyclic) bond motifs is 1. The number of nitrogens with one attached hydrogen (secondary N) is 1. The minimum atomic E-state index is -1.63. The van der Waals surface area contributed by atoms with Gasteiger partial charge in [0.1, 0.15) is 0 Å². The van der Waals surface area contributed by atoms with E-state index in [4.69, 9.17) is 10.5 Å². The first-order chi connectivity index (χ1) is 8.58. The zero-order chi connectivity index (χ0) is 12.8. The Morgan fingerprint density at radius 3 is 2.72 bits per heavy atom. The van der Waals surface area contributed by atoms with Crippen molar-refractivity contribution in [3.8, 4) is 5.75 Å². The highest BCUT2D eigenvalue weighted by Crippen LogP contribution is 2.40. The van der Waals surface area contributed by atoms with Crippen LogP contribution in [0.1, 0.15) is 11.3 Å². The van der Waals surface area contributed by atoms with Gasteiger partial charge >= 0.3 is 5.91 Å². The van der Waals surface area contributed by atoms with Crippen molar-refractivity contribution in [3.05, 3.63) is 41.6 Å². The van der Waals surface area contributed by atoms with E-state index in [0.717, 1.165) is 0 Å². The first kappa shape index (κ1) is 10.8. The molecule has 0 radical (unpaired) electrons. The topological polar surface area (TPSA) is 93.3 Å². The summed E-state index contributed by atoms with van der Waals surface area (Å²) < 4.78 is 5.53. The summed E-state index contributed by atoms with van der Waals surface area (Å²) in [7, 11) is 0. The van der Waals surface area contributed by atoms with Gasteiger partial charge in [-0.3, -0.25) is 0 Å². The SMILES string of the molecule is Cc1nc(N)nc2c1OC(O)(c1ccccc1)N2. The van der Waals surface area contributed by atoms with Crippen LogP contribution in [0.15, 0.2) is 30.3 Å². The number of nitrogen functional groups attached to an aromatic ring is 1. The molecular formula is C12H12N4O2. The van der Waals surface area contributed by atoms with Gasteiger partial charge in [0, 0.05) is 5.56 Å². The van der Waals surface area contributed by atoms with E-state index in [1.54, 1.807) is 19.1 Å². The zero-order valence-corrected chi connectivity index (χ0v) is 9.71. The smallest absolute Gasteiger partial charge is 0.319 e. The van der Waals surface area contributed by atoms with Crippen LogP contribution < -0.4 is 15.8 Å². The van der Waals surface area contributed by atoms with E-state index in [1.807, 2.05) is 18.2 Å². The van der Waals surface area contributed by atoms with Crippen molar-refractivity contribution >= 4 is 11.8 Å². The lowest BCUT2D eigenvalue weighted by Gasteiger charge is -2.22. The Kier molecular flexibility index (Phi) is 2.14. The van der Waals surface area contributed by atoms with E-state index in [0.29, 0.717) is 22.8 Å². The quantitative estimate of drug-likeness (QED) is 0.692. The van der Waals surface area contributed by atoms with Crippen LogP contribution in [-0.2, 0) is 5.91 Å². The van der Waals surface area contributed by atoms with Gasteiger partial charge in [-0.05, 0) is 6.92 Å². The molecule has 6 heteroatoms. The minimum absolute atomic E-state index is 0.139. The lowest BCUT2D eigenvalue weighted by molar-refractivity contribution is -0.108. The summed E-state index contributed by atoms with van der Waals surface area (Å²) in [6, 6.07) is 9.00. The van der Waals surface area contributed by atoms with Crippen LogP contribution in [0.5, 0.6) is 5.75 Å². The van der Waals surface area contributed by atoms with Crippen molar-refractivity contribution in [2.45, 2.75) is 12.8 Å². The molecule has 1 atom stereocenters. The number of ether oxygens (including phenoxy) is 1. The number of nitrogens with zero attached hydrogens (tertiary/aromatic N) is 2. The Labute approximate surface area is 103 Å². The summed E-state index contributed by atoms with van der Waals surface area (Å²) in [6.07, 6.45) is 0. The predicted octanol–water partition coefficient (Wildman–Crippen LogP) is 0.974. The Bertz CT molecular complexity index is 603. The average Bonchev–Trinajstić information content (AvgIpc) is 2.69. The maximum Gasteiger partial charge on any atom is 0.319 e. The van der Waals surface area contributed by atoms with Gasteiger partial charge in [0.05, 0.1) is 5.69 Å². The number of benzene rings is 1. The Hall–Kier alpha value is -2.34. The molecule has 3 rings (SSSR count). The third-order valence-electron chi connectivity index (χ3n) is 2.75. The Morgan fingerprint density at radius 2 is 2.00 bits per heavy atom. The normalized spacial score (nSPS) is 21.0. The fraction of sp³-hybridized carbons (Fsp3) is 0.167. The van der Waals surface area contributed by atoms with Gasteiger partial charge in [-0.2, -0.15) is 4.98 Å². The second-order valence-electron chi connectivity index (χ2n) is 4.08. The molecule has 1 aliphatic rings. The number of rotatable bonds is 1. The molecule has 2 aromatic rings. The van der Waals surface area contributed by atoms with Crippen LogP contribution in [0.25, 0.3) is 0 Å². The average molecular weight is 244 g/mol. The number of aryl methyl sites for hydroxylation is 1. The van der Waals surface area contributed by atoms with Crippen molar-refractivity contribution in [2.75, 3.05) is 11.1 Å². The molecule has 92 valence electrons. The van der Waals surface area contributed by atoms with Crippen molar-refractivity contribution in [2.24, 2.45) is 0 Å². The summed E-state index contributed by atoms with van der Waals surface area (Å²) in [5, 5.41) is 13.3. The van der Waals surface area contributed by atoms with Gasteiger partial charge < -0.3 is 20.9 Å². The number of aromatic nitrogens is 2. The molecule has 0 amide bonds. The summed E-state index contributed by atoms with van der Waals surface area (Å²) in [5.41, 5.74) is 6.72. The van der Waals surface area contributed by atoms with Crippen molar-refractivity contribution in [3.63, 3.8) is 0 Å². The minimum Gasteiger partial charge on any atom is -0.435 e. The molecule has 0 saturated heterocycles. The van der Waals surface area contributed by atoms with Gasteiger partial charge in [0.2, 0.25) is 5.95 Å². The van der Waals surface area contributed by atoms with Crippen LogP contribution in [0, 0.1) is 6.92 Å². The second kappa shape index (κ2) is 3.58. The molecule has 0 fully saturated rings. The van der Waals surface area contributed by atoms with Crippen molar-refractivity contribution in [1.29, 1.82) is 0 Å². The fourth-order valence-corrected chi connectivity index (χ4v) is 1.92. The molecule has 1 aromatic carbocycles. The molecular weight excluding hydrogens is 232 g/mol. The molecule has 4 N–H and O–H groups in total. The van der Waals surface area contributed by atoms with E-state index >= 15 is 0 Å². The first-order valence-corrected chi connectivity index (χ1v) is 5.48. The standard InChI is InChI=1S/C12H12N4O2/c1-7-9-10(15-11(13)14-7)16-12(17,18-9)8-5-3-2-4-6-8/h2-6,17H,1H3,(H3,13,14,15,16). The van der Waals surface area contributed by atoms with Crippen LogP contribution in [-0.4, -0.2) is 15.1 Å². The Balaban J connectivity index is 2.05. The summed E-state index contributed by atoms with van der Waals surface area (Å²) in [5.74, 6) is -0.682. The molecule has 1 aliphatic heterocycles. The van der Waals surface area contributed by atoms with Gasteiger partial charge in [-0.15, -0.1) is 0 Å². The van der Waals surface area contributed by atoms with E-state index in [9.17, 15) is 5.11 Å². The predicted molar refractivity (Wildman–Crippen MR) is 65.8 cm³/mol. The van der Waals surface area contributed by atoms with Crippen LogP contribution in [0.3, 0.4) is 0 Å². The van der Waals surface area contributed by atoms with Crippen LogP contribution in [0.2, 0.25) is 0 Å². The third-order valence-corrected chi connectivity index (χ3v) is 2.75. The van der Waals surface area contributed by atoms with Gasteiger partial charge in [-0.25, -0.2) is 4.98 Å². The molecule has 0 bridgehead atoms. The summed E-state index contributed by atoms with van der Waals surface area (Å²) in [4.78, 5) is 8.00. The monoisotopic (exact) mass is 244 g/mol. The van der Waals surface area contributed by atoms with Gasteiger partial charge in [0.15, 0.2) is 11.6 Å². The number of aliphatic hydroxyl groups is 1. The van der Waals surface area contributed by atoms with Gasteiger partial charge in [-0.1, -0.05) is 30.3 Å². The molecule has 6 nitrogen and oxygen atoms in total. The molecule has 1 aromatic heterocycles.